The number of fused-ring (bicyclic) bond motifs is 1. The first-order valence-corrected chi connectivity index (χ1v) is 8.22. The van der Waals surface area contributed by atoms with E-state index in [1.54, 1.807) is 17.5 Å². The van der Waals surface area contributed by atoms with Gasteiger partial charge in [0.15, 0.2) is 16.6 Å². The van der Waals surface area contributed by atoms with Crippen LogP contribution in [0.1, 0.15) is 6.92 Å². The van der Waals surface area contributed by atoms with Crippen LogP contribution in [0.5, 0.6) is 11.5 Å². The lowest BCUT2D eigenvalue weighted by Crippen LogP contribution is -1.95. The molecule has 5 nitrogen and oxygen atoms in total. The van der Waals surface area contributed by atoms with E-state index in [1.165, 1.54) is 0 Å². The van der Waals surface area contributed by atoms with E-state index in [2.05, 4.69) is 17.2 Å². The molecule has 0 unspecified atom stereocenters. The Morgan fingerprint density at radius 1 is 1.17 bits per heavy atom. The summed E-state index contributed by atoms with van der Waals surface area (Å²) < 4.78 is 10.9. The van der Waals surface area contributed by atoms with Gasteiger partial charge >= 0.3 is 0 Å². The van der Waals surface area contributed by atoms with Crippen LogP contribution in [0.15, 0.2) is 42.7 Å². The number of thiazole rings is 1. The zero-order valence-electron chi connectivity index (χ0n) is 12.6. The fraction of sp³-hybridized carbons (Fsp3) is 0.176. The Kier molecular flexibility index (Phi) is 3.59. The molecule has 1 N–H and O–H groups in total. The highest BCUT2D eigenvalue weighted by Crippen LogP contribution is 2.42. The molecular weight excluding hydrogens is 310 g/mol. The summed E-state index contributed by atoms with van der Waals surface area (Å²) in [5.41, 5.74) is 2.99. The number of benzene rings is 1. The summed E-state index contributed by atoms with van der Waals surface area (Å²) in [5, 5.41) is 4.19. The van der Waals surface area contributed by atoms with Gasteiger partial charge in [-0.2, -0.15) is 0 Å². The third-order valence-electron chi connectivity index (χ3n) is 3.52. The molecule has 0 spiro atoms. The molecule has 0 fully saturated rings. The van der Waals surface area contributed by atoms with Crippen molar-refractivity contribution in [3.05, 3.63) is 42.7 Å². The van der Waals surface area contributed by atoms with Crippen molar-refractivity contribution < 1.29 is 9.47 Å². The van der Waals surface area contributed by atoms with Crippen LogP contribution in [-0.2, 0) is 0 Å². The van der Waals surface area contributed by atoms with Crippen LogP contribution < -0.4 is 14.8 Å². The van der Waals surface area contributed by atoms with Crippen LogP contribution in [0.4, 0.5) is 5.13 Å². The van der Waals surface area contributed by atoms with Gasteiger partial charge in [0.2, 0.25) is 6.79 Å². The Labute approximate surface area is 137 Å². The lowest BCUT2D eigenvalue weighted by molar-refractivity contribution is 0.174. The van der Waals surface area contributed by atoms with Gasteiger partial charge in [0.05, 0.1) is 10.6 Å². The van der Waals surface area contributed by atoms with Crippen molar-refractivity contribution in [1.82, 2.24) is 9.97 Å². The molecule has 0 atom stereocenters. The monoisotopic (exact) mass is 325 g/mol. The summed E-state index contributed by atoms with van der Waals surface area (Å²) in [6, 6.07) is 9.90. The van der Waals surface area contributed by atoms with Gasteiger partial charge in [0.1, 0.15) is 0 Å². The van der Waals surface area contributed by atoms with Crippen LogP contribution in [0.3, 0.4) is 0 Å². The van der Waals surface area contributed by atoms with Gasteiger partial charge < -0.3 is 14.8 Å². The molecule has 3 heterocycles. The Bertz CT molecular complexity index is 833. The van der Waals surface area contributed by atoms with E-state index in [1.807, 2.05) is 36.5 Å². The van der Waals surface area contributed by atoms with E-state index in [-0.39, 0.29) is 6.79 Å². The average Bonchev–Trinajstić information content (AvgIpc) is 3.22. The molecule has 1 aromatic carbocycles. The molecule has 23 heavy (non-hydrogen) atoms. The Morgan fingerprint density at radius 3 is 2.91 bits per heavy atom. The van der Waals surface area contributed by atoms with Gasteiger partial charge in [0, 0.05) is 30.1 Å². The fourth-order valence-electron chi connectivity index (χ4n) is 2.48. The van der Waals surface area contributed by atoms with E-state index < -0.39 is 0 Å². The largest absolute Gasteiger partial charge is 0.454 e. The summed E-state index contributed by atoms with van der Waals surface area (Å²) in [5.74, 6) is 1.54. The molecule has 0 saturated carbocycles. The number of ether oxygens (including phenoxy) is 2. The second-order valence-corrected chi connectivity index (χ2v) is 6.04. The number of hydrogen-bond donors (Lipinski definition) is 1. The standard InChI is InChI=1S/C17H15N3O2S/c1-2-19-17-20-15(16(23-17)12-4-3-7-18-9-12)11-5-6-13-14(8-11)22-10-21-13/h3-9H,2,10H2,1H3,(H,19,20). The van der Waals surface area contributed by atoms with Crippen molar-refractivity contribution in [2.45, 2.75) is 6.92 Å². The Hall–Kier alpha value is -2.60. The number of rotatable bonds is 4. The molecule has 0 radical (unpaired) electrons. The minimum Gasteiger partial charge on any atom is -0.454 e. The number of anilines is 1. The Morgan fingerprint density at radius 2 is 2.09 bits per heavy atom. The van der Waals surface area contributed by atoms with E-state index in [9.17, 15) is 0 Å². The SMILES string of the molecule is CCNc1nc(-c2ccc3c(c2)OCO3)c(-c2cccnc2)s1. The van der Waals surface area contributed by atoms with Crippen LogP contribution in [0.2, 0.25) is 0 Å². The minimum absolute atomic E-state index is 0.272. The average molecular weight is 325 g/mol. The smallest absolute Gasteiger partial charge is 0.231 e. The molecular formula is C17H15N3O2S. The molecule has 3 aromatic rings. The summed E-state index contributed by atoms with van der Waals surface area (Å²) in [6.45, 7) is 3.17. The highest BCUT2D eigenvalue weighted by Gasteiger charge is 2.19. The topological polar surface area (TPSA) is 56.3 Å². The first-order valence-electron chi connectivity index (χ1n) is 7.40. The highest BCUT2D eigenvalue weighted by molar-refractivity contribution is 7.19. The second-order valence-electron chi connectivity index (χ2n) is 5.04. The second kappa shape index (κ2) is 5.89. The highest BCUT2D eigenvalue weighted by atomic mass is 32.1. The van der Waals surface area contributed by atoms with Crippen molar-refractivity contribution >= 4 is 16.5 Å². The lowest BCUT2D eigenvalue weighted by Gasteiger charge is -2.03. The van der Waals surface area contributed by atoms with Crippen molar-refractivity contribution in [2.75, 3.05) is 18.7 Å². The zero-order chi connectivity index (χ0) is 15.6. The first-order chi connectivity index (χ1) is 11.3. The van der Waals surface area contributed by atoms with Gasteiger partial charge in [0.25, 0.3) is 0 Å². The van der Waals surface area contributed by atoms with E-state index in [4.69, 9.17) is 14.5 Å². The quantitative estimate of drug-likeness (QED) is 0.785. The van der Waals surface area contributed by atoms with Crippen LogP contribution in [0, 0.1) is 0 Å². The molecule has 1 aliphatic rings. The maximum Gasteiger partial charge on any atom is 0.231 e. The number of pyridine rings is 1. The summed E-state index contributed by atoms with van der Waals surface area (Å²) in [4.78, 5) is 10.1. The van der Waals surface area contributed by atoms with Crippen LogP contribution in [-0.4, -0.2) is 23.3 Å². The van der Waals surface area contributed by atoms with Crippen molar-refractivity contribution in [2.24, 2.45) is 0 Å². The molecule has 116 valence electrons. The lowest BCUT2D eigenvalue weighted by atomic mass is 10.1. The van der Waals surface area contributed by atoms with Crippen LogP contribution >= 0.6 is 11.3 Å². The van der Waals surface area contributed by atoms with Gasteiger partial charge in [-0.1, -0.05) is 17.4 Å². The predicted octanol–water partition coefficient (Wildman–Crippen LogP) is 4.03. The summed E-state index contributed by atoms with van der Waals surface area (Å²) in [6.07, 6.45) is 3.63. The zero-order valence-corrected chi connectivity index (χ0v) is 13.4. The van der Waals surface area contributed by atoms with Gasteiger partial charge in [-0.25, -0.2) is 4.98 Å². The summed E-state index contributed by atoms with van der Waals surface area (Å²) in [7, 11) is 0. The number of nitrogens with zero attached hydrogens (tertiary/aromatic N) is 2. The van der Waals surface area contributed by atoms with Gasteiger partial charge in [-0.15, -0.1) is 0 Å². The molecule has 0 amide bonds. The predicted molar refractivity (Wildman–Crippen MR) is 91.1 cm³/mol. The van der Waals surface area contributed by atoms with E-state index in [0.717, 1.165) is 44.9 Å². The number of aromatic nitrogens is 2. The number of hydrogen-bond acceptors (Lipinski definition) is 6. The van der Waals surface area contributed by atoms with E-state index >= 15 is 0 Å². The van der Waals surface area contributed by atoms with Gasteiger partial charge in [-0.3, -0.25) is 4.98 Å². The molecule has 0 aliphatic carbocycles. The third kappa shape index (κ3) is 2.61. The van der Waals surface area contributed by atoms with Crippen LogP contribution in [0.25, 0.3) is 21.7 Å². The third-order valence-corrected chi connectivity index (χ3v) is 4.59. The molecule has 0 bridgehead atoms. The molecule has 1 aliphatic heterocycles. The molecule has 0 saturated heterocycles. The number of nitrogens with one attached hydrogen (secondary N) is 1. The van der Waals surface area contributed by atoms with Crippen molar-refractivity contribution in [3.8, 4) is 33.2 Å². The normalized spacial score (nSPS) is 12.4. The molecule has 2 aromatic heterocycles. The minimum atomic E-state index is 0.272. The molecule has 4 rings (SSSR count). The fourth-order valence-corrected chi connectivity index (χ4v) is 3.52. The van der Waals surface area contributed by atoms with Crippen molar-refractivity contribution in [3.63, 3.8) is 0 Å². The maximum absolute atomic E-state index is 5.49. The Balaban J connectivity index is 1.83. The van der Waals surface area contributed by atoms with E-state index in [0.29, 0.717) is 0 Å². The summed E-state index contributed by atoms with van der Waals surface area (Å²) >= 11 is 1.63. The maximum atomic E-state index is 5.49. The van der Waals surface area contributed by atoms with Gasteiger partial charge in [-0.05, 0) is 31.2 Å². The molecule has 6 heteroatoms. The van der Waals surface area contributed by atoms with Crippen molar-refractivity contribution in [1.29, 1.82) is 0 Å². The first kappa shape index (κ1) is 14.0.